The van der Waals surface area contributed by atoms with Gasteiger partial charge in [0, 0.05) is 39.3 Å². The van der Waals surface area contributed by atoms with Crippen LogP contribution in [0.4, 0.5) is 11.5 Å². The first kappa shape index (κ1) is 14.2. The summed E-state index contributed by atoms with van der Waals surface area (Å²) in [5.74, 6) is 0.738. The van der Waals surface area contributed by atoms with E-state index in [-0.39, 0.29) is 11.6 Å². The standard InChI is InChI=1S/C12H17N5O3/c1-13-12(18)9-15-4-6-16(7-5-15)11-3-2-10(8-14-11)17(19)20/h2-3,8H,4-7,9H2,1H3,(H,13,18). The van der Waals surface area contributed by atoms with Gasteiger partial charge in [-0.1, -0.05) is 0 Å². The smallest absolute Gasteiger partial charge is 0.287 e. The minimum absolute atomic E-state index is 0.00640. The van der Waals surface area contributed by atoms with E-state index in [1.807, 2.05) is 0 Å². The van der Waals surface area contributed by atoms with Gasteiger partial charge in [0.15, 0.2) is 0 Å². The number of hydrogen-bond donors (Lipinski definition) is 1. The van der Waals surface area contributed by atoms with Crippen molar-refractivity contribution in [3.63, 3.8) is 0 Å². The largest absolute Gasteiger partial charge is 0.358 e. The van der Waals surface area contributed by atoms with Gasteiger partial charge in [-0.2, -0.15) is 0 Å². The van der Waals surface area contributed by atoms with E-state index in [1.54, 1.807) is 13.1 Å². The Hall–Kier alpha value is -2.22. The second-order valence-electron chi connectivity index (χ2n) is 4.57. The molecule has 0 radical (unpaired) electrons. The number of piperazine rings is 1. The fourth-order valence-electron chi connectivity index (χ4n) is 2.09. The SMILES string of the molecule is CNC(=O)CN1CCN(c2ccc([N+](=O)[O-])cn2)CC1. The predicted octanol–water partition coefficient (Wildman–Crippen LogP) is -0.142. The number of hydrogen-bond acceptors (Lipinski definition) is 6. The molecule has 20 heavy (non-hydrogen) atoms. The summed E-state index contributed by atoms with van der Waals surface area (Å²) in [6, 6.07) is 3.12. The molecule has 0 saturated carbocycles. The van der Waals surface area contributed by atoms with Crippen LogP contribution in [0.15, 0.2) is 18.3 Å². The Balaban J connectivity index is 1.90. The molecule has 1 aromatic heterocycles. The van der Waals surface area contributed by atoms with E-state index in [2.05, 4.69) is 20.1 Å². The molecule has 1 aromatic rings. The first-order valence-corrected chi connectivity index (χ1v) is 6.38. The summed E-state index contributed by atoms with van der Waals surface area (Å²) >= 11 is 0. The number of amides is 1. The van der Waals surface area contributed by atoms with Gasteiger partial charge in [0.25, 0.3) is 5.69 Å². The fourth-order valence-corrected chi connectivity index (χ4v) is 2.09. The molecule has 2 rings (SSSR count). The number of anilines is 1. The van der Waals surface area contributed by atoms with Gasteiger partial charge in [-0.15, -0.1) is 0 Å². The number of nitro groups is 1. The molecule has 1 amide bonds. The molecule has 8 heteroatoms. The van der Waals surface area contributed by atoms with Gasteiger partial charge in [0.05, 0.1) is 11.5 Å². The third-order valence-corrected chi connectivity index (χ3v) is 3.29. The molecule has 108 valence electrons. The number of nitrogens with zero attached hydrogens (tertiary/aromatic N) is 4. The number of pyridine rings is 1. The molecule has 0 spiro atoms. The monoisotopic (exact) mass is 279 g/mol. The van der Waals surface area contributed by atoms with E-state index in [9.17, 15) is 14.9 Å². The summed E-state index contributed by atoms with van der Waals surface area (Å²) < 4.78 is 0. The number of likely N-dealkylation sites (N-methyl/N-ethyl adjacent to an activating group) is 1. The fraction of sp³-hybridized carbons (Fsp3) is 0.500. The van der Waals surface area contributed by atoms with Crippen molar-refractivity contribution in [2.24, 2.45) is 0 Å². The Morgan fingerprint density at radius 3 is 2.60 bits per heavy atom. The van der Waals surface area contributed by atoms with Crippen molar-refractivity contribution < 1.29 is 9.72 Å². The zero-order valence-electron chi connectivity index (χ0n) is 11.3. The van der Waals surface area contributed by atoms with Crippen LogP contribution in [0, 0.1) is 10.1 Å². The van der Waals surface area contributed by atoms with Gasteiger partial charge in [-0.3, -0.25) is 19.8 Å². The molecule has 0 atom stereocenters. The van der Waals surface area contributed by atoms with Crippen molar-refractivity contribution in [3.8, 4) is 0 Å². The van der Waals surface area contributed by atoms with Crippen LogP contribution in [0.25, 0.3) is 0 Å². The van der Waals surface area contributed by atoms with Gasteiger partial charge in [0.1, 0.15) is 12.0 Å². The molecule has 0 aliphatic carbocycles. The molecule has 1 aliphatic rings. The zero-order valence-corrected chi connectivity index (χ0v) is 11.3. The molecular formula is C12H17N5O3. The Morgan fingerprint density at radius 1 is 1.40 bits per heavy atom. The van der Waals surface area contributed by atoms with Crippen molar-refractivity contribution >= 4 is 17.4 Å². The molecule has 2 heterocycles. The van der Waals surface area contributed by atoms with Crippen LogP contribution < -0.4 is 10.2 Å². The maximum Gasteiger partial charge on any atom is 0.287 e. The van der Waals surface area contributed by atoms with E-state index < -0.39 is 4.92 Å². The van der Waals surface area contributed by atoms with Crippen LogP contribution in [-0.4, -0.2) is 60.5 Å². The third-order valence-electron chi connectivity index (χ3n) is 3.29. The lowest BCUT2D eigenvalue weighted by molar-refractivity contribution is -0.385. The average molecular weight is 279 g/mol. The molecule has 0 aromatic carbocycles. The summed E-state index contributed by atoms with van der Waals surface area (Å²) in [4.78, 5) is 29.6. The Labute approximate surface area is 116 Å². The summed E-state index contributed by atoms with van der Waals surface area (Å²) in [7, 11) is 1.62. The molecule has 1 aliphatic heterocycles. The summed E-state index contributed by atoms with van der Waals surface area (Å²) in [5.41, 5.74) is -0.00740. The van der Waals surface area contributed by atoms with Gasteiger partial charge in [-0.05, 0) is 6.07 Å². The van der Waals surface area contributed by atoms with Gasteiger partial charge in [-0.25, -0.2) is 4.98 Å². The second kappa shape index (κ2) is 6.29. The molecular weight excluding hydrogens is 262 g/mol. The summed E-state index contributed by atoms with van der Waals surface area (Å²) in [5, 5.41) is 13.2. The summed E-state index contributed by atoms with van der Waals surface area (Å²) in [6.07, 6.45) is 1.27. The normalized spacial score (nSPS) is 15.9. The molecule has 0 bridgehead atoms. The highest BCUT2D eigenvalue weighted by Gasteiger charge is 2.19. The number of carbonyl (C=O) groups excluding carboxylic acids is 1. The molecule has 1 fully saturated rings. The third kappa shape index (κ3) is 3.41. The van der Waals surface area contributed by atoms with E-state index >= 15 is 0 Å². The van der Waals surface area contributed by atoms with Crippen molar-refractivity contribution in [2.45, 2.75) is 0 Å². The lowest BCUT2D eigenvalue weighted by Gasteiger charge is -2.34. The van der Waals surface area contributed by atoms with Crippen molar-refractivity contribution in [1.29, 1.82) is 0 Å². The highest BCUT2D eigenvalue weighted by atomic mass is 16.6. The van der Waals surface area contributed by atoms with Crippen LogP contribution in [0.1, 0.15) is 0 Å². The van der Waals surface area contributed by atoms with Crippen LogP contribution in [-0.2, 0) is 4.79 Å². The van der Waals surface area contributed by atoms with E-state index in [1.165, 1.54) is 12.3 Å². The number of carbonyl (C=O) groups is 1. The maximum absolute atomic E-state index is 11.3. The lowest BCUT2D eigenvalue weighted by atomic mass is 10.3. The maximum atomic E-state index is 11.3. The molecule has 0 unspecified atom stereocenters. The van der Waals surface area contributed by atoms with Crippen LogP contribution in [0.2, 0.25) is 0 Å². The second-order valence-corrected chi connectivity index (χ2v) is 4.57. The predicted molar refractivity (Wildman–Crippen MR) is 73.6 cm³/mol. The molecule has 8 nitrogen and oxygen atoms in total. The molecule has 1 saturated heterocycles. The minimum atomic E-state index is -0.460. The van der Waals surface area contributed by atoms with Crippen molar-refractivity contribution in [2.75, 3.05) is 44.7 Å². The minimum Gasteiger partial charge on any atom is -0.358 e. The van der Waals surface area contributed by atoms with Crippen LogP contribution >= 0.6 is 0 Å². The Kier molecular flexibility index (Phi) is 4.46. The van der Waals surface area contributed by atoms with Crippen molar-refractivity contribution in [3.05, 3.63) is 28.4 Å². The lowest BCUT2D eigenvalue weighted by Crippen LogP contribution is -2.49. The van der Waals surface area contributed by atoms with Crippen LogP contribution in [0.5, 0.6) is 0 Å². The highest BCUT2D eigenvalue weighted by Crippen LogP contribution is 2.17. The van der Waals surface area contributed by atoms with E-state index in [4.69, 9.17) is 0 Å². The van der Waals surface area contributed by atoms with Gasteiger partial charge < -0.3 is 10.2 Å². The van der Waals surface area contributed by atoms with Gasteiger partial charge >= 0.3 is 0 Å². The number of aromatic nitrogens is 1. The highest BCUT2D eigenvalue weighted by molar-refractivity contribution is 5.77. The molecule has 1 N–H and O–H groups in total. The van der Waals surface area contributed by atoms with E-state index in [0.29, 0.717) is 6.54 Å². The van der Waals surface area contributed by atoms with Gasteiger partial charge in [0.2, 0.25) is 5.91 Å². The van der Waals surface area contributed by atoms with Crippen molar-refractivity contribution in [1.82, 2.24) is 15.2 Å². The van der Waals surface area contributed by atoms with E-state index in [0.717, 1.165) is 32.0 Å². The van der Waals surface area contributed by atoms with Crippen LogP contribution in [0.3, 0.4) is 0 Å². The zero-order chi connectivity index (χ0) is 14.5. The average Bonchev–Trinajstić information content (AvgIpc) is 2.48. The summed E-state index contributed by atoms with van der Waals surface area (Å²) in [6.45, 7) is 3.44. The number of nitrogens with one attached hydrogen (secondary N) is 1. The quantitative estimate of drug-likeness (QED) is 0.609. The Bertz CT molecular complexity index is 482. The Morgan fingerprint density at radius 2 is 2.10 bits per heavy atom. The first-order chi connectivity index (χ1) is 9.60. The first-order valence-electron chi connectivity index (χ1n) is 6.38. The topological polar surface area (TPSA) is 91.6 Å². The number of rotatable bonds is 4.